The number of ether oxygens (including phenoxy) is 1. The van der Waals surface area contributed by atoms with Gasteiger partial charge in [0, 0.05) is 0 Å². The standard InChI is InChI=1S/C11H15N5O4/c1-2-4-6(17)7(18)10(20-4)16-3-13-5-8(16)14-11(12)15-9(5)19/h3-4,6-7,10,17-18H,2H2,1H3,(H3,12,14,15,19)/t4-,6-,7+,10-/m1/s1. The van der Waals surface area contributed by atoms with E-state index in [-0.39, 0.29) is 17.1 Å². The number of nitrogens with two attached hydrogens (primary N) is 1. The number of imidazole rings is 1. The van der Waals surface area contributed by atoms with Crippen molar-refractivity contribution in [3.8, 4) is 0 Å². The number of aromatic nitrogens is 4. The second-order valence-electron chi connectivity index (χ2n) is 4.73. The normalized spacial score (nSPS) is 30.1. The Kier molecular flexibility index (Phi) is 2.96. The minimum atomic E-state index is -1.13. The highest BCUT2D eigenvalue weighted by atomic mass is 16.6. The molecule has 5 N–H and O–H groups in total. The highest BCUT2D eigenvalue weighted by molar-refractivity contribution is 5.70. The number of hydrogen-bond acceptors (Lipinski definition) is 7. The lowest BCUT2D eigenvalue weighted by atomic mass is 10.1. The van der Waals surface area contributed by atoms with E-state index in [1.54, 1.807) is 0 Å². The molecule has 1 aliphatic heterocycles. The Balaban J connectivity index is 2.09. The quantitative estimate of drug-likeness (QED) is 0.538. The van der Waals surface area contributed by atoms with E-state index in [0.717, 1.165) is 0 Å². The maximum Gasteiger partial charge on any atom is 0.280 e. The molecule has 1 fully saturated rings. The van der Waals surface area contributed by atoms with E-state index in [2.05, 4.69) is 15.0 Å². The minimum Gasteiger partial charge on any atom is -0.388 e. The Labute approximate surface area is 113 Å². The first kappa shape index (κ1) is 13.0. The summed E-state index contributed by atoms with van der Waals surface area (Å²) in [6.07, 6.45) is -1.57. The van der Waals surface area contributed by atoms with E-state index >= 15 is 0 Å². The molecule has 20 heavy (non-hydrogen) atoms. The maximum atomic E-state index is 11.7. The van der Waals surface area contributed by atoms with Crippen molar-refractivity contribution >= 4 is 17.1 Å². The monoisotopic (exact) mass is 281 g/mol. The van der Waals surface area contributed by atoms with Gasteiger partial charge in [-0.1, -0.05) is 6.92 Å². The Morgan fingerprint density at radius 1 is 1.50 bits per heavy atom. The van der Waals surface area contributed by atoms with E-state index in [4.69, 9.17) is 10.5 Å². The van der Waals surface area contributed by atoms with Gasteiger partial charge in [-0.25, -0.2) is 4.98 Å². The van der Waals surface area contributed by atoms with Crippen molar-refractivity contribution in [3.63, 3.8) is 0 Å². The molecule has 9 heteroatoms. The van der Waals surface area contributed by atoms with Gasteiger partial charge in [0.15, 0.2) is 17.4 Å². The molecule has 2 aromatic rings. The van der Waals surface area contributed by atoms with Crippen LogP contribution in [0.2, 0.25) is 0 Å². The third kappa shape index (κ3) is 1.79. The van der Waals surface area contributed by atoms with Crippen molar-refractivity contribution < 1.29 is 14.9 Å². The molecule has 1 saturated heterocycles. The Bertz CT molecular complexity index is 696. The van der Waals surface area contributed by atoms with Gasteiger partial charge in [0.2, 0.25) is 5.95 Å². The molecule has 3 rings (SSSR count). The second kappa shape index (κ2) is 4.54. The zero-order valence-corrected chi connectivity index (χ0v) is 10.7. The van der Waals surface area contributed by atoms with Crippen molar-refractivity contribution in [1.29, 1.82) is 0 Å². The molecule has 0 radical (unpaired) electrons. The summed E-state index contributed by atoms with van der Waals surface area (Å²) in [7, 11) is 0. The van der Waals surface area contributed by atoms with Crippen molar-refractivity contribution in [2.45, 2.75) is 37.9 Å². The molecule has 2 aromatic heterocycles. The smallest absolute Gasteiger partial charge is 0.280 e. The first-order valence-electron chi connectivity index (χ1n) is 6.26. The third-order valence-electron chi connectivity index (χ3n) is 3.46. The van der Waals surface area contributed by atoms with Crippen LogP contribution in [-0.4, -0.2) is 48.0 Å². The number of fused-ring (bicyclic) bond motifs is 1. The maximum absolute atomic E-state index is 11.7. The number of anilines is 1. The average Bonchev–Trinajstić information content (AvgIpc) is 2.93. The van der Waals surface area contributed by atoms with Crippen LogP contribution in [-0.2, 0) is 4.74 Å². The van der Waals surface area contributed by atoms with Gasteiger partial charge in [-0.2, -0.15) is 4.98 Å². The zero-order chi connectivity index (χ0) is 14.4. The van der Waals surface area contributed by atoms with Crippen molar-refractivity contribution in [2.24, 2.45) is 0 Å². The minimum absolute atomic E-state index is 0.0515. The summed E-state index contributed by atoms with van der Waals surface area (Å²) in [6, 6.07) is 0. The van der Waals surface area contributed by atoms with Gasteiger partial charge < -0.3 is 20.7 Å². The van der Waals surface area contributed by atoms with Gasteiger partial charge in [-0.05, 0) is 6.42 Å². The molecular weight excluding hydrogens is 266 g/mol. The van der Waals surface area contributed by atoms with Gasteiger partial charge in [-0.3, -0.25) is 14.3 Å². The summed E-state index contributed by atoms with van der Waals surface area (Å²) in [5, 5.41) is 19.9. The molecular formula is C11H15N5O4. The van der Waals surface area contributed by atoms with E-state index < -0.39 is 30.1 Å². The predicted octanol–water partition coefficient (Wildman–Crippen LogP) is -1.27. The van der Waals surface area contributed by atoms with Crippen LogP contribution in [0.15, 0.2) is 11.1 Å². The summed E-state index contributed by atoms with van der Waals surface area (Å²) >= 11 is 0. The molecule has 0 spiro atoms. The average molecular weight is 281 g/mol. The molecule has 4 atom stereocenters. The molecule has 0 saturated carbocycles. The summed E-state index contributed by atoms with van der Waals surface area (Å²) < 4.78 is 7.00. The number of nitrogens with one attached hydrogen (secondary N) is 1. The summed E-state index contributed by atoms with van der Waals surface area (Å²) in [4.78, 5) is 22.0. The molecule has 0 amide bonds. The largest absolute Gasteiger partial charge is 0.388 e. The van der Waals surface area contributed by atoms with Crippen LogP contribution in [0.25, 0.3) is 11.2 Å². The Morgan fingerprint density at radius 2 is 2.25 bits per heavy atom. The number of rotatable bonds is 2. The Morgan fingerprint density at radius 3 is 2.90 bits per heavy atom. The number of hydrogen-bond donors (Lipinski definition) is 4. The fraction of sp³-hybridized carbons (Fsp3) is 0.545. The fourth-order valence-corrected chi connectivity index (χ4v) is 2.43. The van der Waals surface area contributed by atoms with Crippen LogP contribution in [0.4, 0.5) is 5.95 Å². The van der Waals surface area contributed by atoms with E-state index in [0.29, 0.717) is 6.42 Å². The number of aromatic amines is 1. The molecule has 108 valence electrons. The lowest BCUT2D eigenvalue weighted by Crippen LogP contribution is -2.31. The van der Waals surface area contributed by atoms with Crippen LogP contribution in [0.3, 0.4) is 0 Å². The molecule has 0 unspecified atom stereocenters. The highest BCUT2D eigenvalue weighted by Crippen LogP contribution is 2.32. The van der Waals surface area contributed by atoms with Crippen LogP contribution >= 0.6 is 0 Å². The predicted molar refractivity (Wildman–Crippen MR) is 68.8 cm³/mol. The van der Waals surface area contributed by atoms with E-state index in [1.807, 2.05) is 6.92 Å². The number of aliphatic hydroxyl groups excluding tert-OH is 2. The van der Waals surface area contributed by atoms with E-state index in [9.17, 15) is 15.0 Å². The molecule has 0 aromatic carbocycles. The molecule has 0 aliphatic carbocycles. The number of nitrogen functional groups attached to an aromatic ring is 1. The van der Waals surface area contributed by atoms with Gasteiger partial charge in [0.25, 0.3) is 5.56 Å². The number of nitrogens with zero attached hydrogens (tertiary/aromatic N) is 3. The van der Waals surface area contributed by atoms with Gasteiger partial charge in [-0.15, -0.1) is 0 Å². The van der Waals surface area contributed by atoms with Crippen LogP contribution in [0.1, 0.15) is 19.6 Å². The number of H-pyrrole nitrogens is 1. The SMILES string of the molecule is CC[C@H]1O[C@@H](n2cnc3c(=O)[nH]c(N)nc32)[C@@H](O)[C@@H]1O. The molecule has 9 nitrogen and oxygen atoms in total. The third-order valence-corrected chi connectivity index (χ3v) is 3.46. The first-order chi connectivity index (χ1) is 9.52. The molecule has 3 heterocycles. The summed E-state index contributed by atoms with van der Waals surface area (Å²) in [6.45, 7) is 1.84. The van der Waals surface area contributed by atoms with Crippen molar-refractivity contribution in [2.75, 3.05) is 5.73 Å². The zero-order valence-electron chi connectivity index (χ0n) is 10.7. The summed E-state index contributed by atoms with van der Waals surface area (Å²) in [5.41, 5.74) is 5.35. The highest BCUT2D eigenvalue weighted by Gasteiger charge is 2.43. The van der Waals surface area contributed by atoms with Crippen molar-refractivity contribution in [3.05, 3.63) is 16.7 Å². The van der Waals surface area contributed by atoms with Crippen LogP contribution in [0, 0.1) is 0 Å². The molecule has 0 bridgehead atoms. The van der Waals surface area contributed by atoms with Crippen molar-refractivity contribution in [1.82, 2.24) is 19.5 Å². The first-order valence-corrected chi connectivity index (χ1v) is 6.26. The van der Waals surface area contributed by atoms with E-state index in [1.165, 1.54) is 10.9 Å². The summed E-state index contributed by atoms with van der Waals surface area (Å²) in [5.74, 6) is -0.0515. The van der Waals surface area contributed by atoms with Gasteiger partial charge in [0.1, 0.15) is 12.2 Å². The van der Waals surface area contributed by atoms with Gasteiger partial charge in [0.05, 0.1) is 12.4 Å². The lowest BCUT2D eigenvalue weighted by Gasteiger charge is -2.16. The topological polar surface area (TPSA) is 139 Å². The Hall–Kier alpha value is -1.97. The fourth-order valence-electron chi connectivity index (χ4n) is 2.43. The second-order valence-corrected chi connectivity index (χ2v) is 4.73. The molecule has 1 aliphatic rings. The van der Waals surface area contributed by atoms with Gasteiger partial charge >= 0.3 is 0 Å². The van der Waals surface area contributed by atoms with Crippen LogP contribution in [0.5, 0.6) is 0 Å². The van der Waals surface area contributed by atoms with Crippen LogP contribution < -0.4 is 11.3 Å². The lowest BCUT2D eigenvalue weighted by molar-refractivity contribution is -0.0355. The number of aliphatic hydroxyl groups is 2.